The van der Waals surface area contributed by atoms with Gasteiger partial charge in [-0.05, 0) is 121 Å². The highest BCUT2D eigenvalue weighted by Crippen LogP contribution is 2.65. The molecular weight excluding hydrogens is 775 g/mol. The molecule has 1 aromatic heterocycles. The van der Waals surface area contributed by atoms with Crippen LogP contribution in [0.4, 0.5) is 17.1 Å². The molecule has 0 radical (unpaired) electrons. The first-order valence-corrected chi connectivity index (χ1v) is 22.2. The number of furan rings is 1. The molecular formula is C62H41NO. The van der Waals surface area contributed by atoms with Gasteiger partial charge in [0.15, 0.2) is 0 Å². The van der Waals surface area contributed by atoms with Crippen LogP contribution in [0.25, 0.3) is 44.2 Å². The molecule has 10 aromatic carbocycles. The maximum Gasteiger partial charge on any atom is 0.135 e. The van der Waals surface area contributed by atoms with Crippen LogP contribution in [-0.4, -0.2) is 0 Å². The van der Waals surface area contributed by atoms with Crippen LogP contribution < -0.4 is 4.90 Å². The SMILES string of the molecule is c1ccc(N(c2ccc(-c3ccc4oc5ccccc5c4c3)cc2)c2ccc(C3(c4ccccc4)c4ccccc4C4(c5ccccc5)c5ccccc5-c5cccc3c54)cc2)cc1. The summed E-state index contributed by atoms with van der Waals surface area (Å²) in [4.78, 5) is 2.36. The van der Waals surface area contributed by atoms with E-state index in [1.807, 2.05) is 12.1 Å². The monoisotopic (exact) mass is 815 g/mol. The Hall–Kier alpha value is -8.20. The number of para-hydroxylation sites is 2. The lowest BCUT2D eigenvalue weighted by Gasteiger charge is -2.49. The third kappa shape index (κ3) is 5.08. The van der Waals surface area contributed by atoms with Crippen molar-refractivity contribution >= 4 is 39.0 Å². The molecule has 1 heterocycles. The lowest BCUT2D eigenvalue weighted by Crippen LogP contribution is -2.44. The Morgan fingerprint density at radius 3 is 1.50 bits per heavy atom. The van der Waals surface area contributed by atoms with E-state index in [0.717, 1.165) is 50.1 Å². The van der Waals surface area contributed by atoms with E-state index in [1.54, 1.807) is 0 Å². The second-order valence-electron chi connectivity index (χ2n) is 17.1. The Bertz CT molecular complexity index is 3540. The Balaban J connectivity index is 0.988. The van der Waals surface area contributed by atoms with Crippen LogP contribution in [-0.2, 0) is 10.8 Å². The fraction of sp³-hybridized carbons (Fsp3) is 0.0323. The lowest BCUT2D eigenvalue weighted by atomic mass is 9.52. The second kappa shape index (κ2) is 14.2. The highest BCUT2D eigenvalue weighted by atomic mass is 16.3. The number of hydrogen-bond acceptors (Lipinski definition) is 2. The molecule has 0 fully saturated rings. The predicted molar refractivity (Wildman–Crippen MR) is 263 cm³/mol. The van der Waals surface area contributed by atoms with Crippen LogP contribution in [0.2, 0.25) is 0 Å². The summed E-state index contributed by atoms with van der Waals surface area (Å²) in [6.07, 6.45) is 0. The van der Waals surface area contributed by atoms with E-state index >= 15 is 0 Å². The van der Waals surface area contributed by atoms with Gasteiger partial charge < -0.3 is 9.32 Å². The zero-order chi connectivity index (χ0) is 42.2. The van der Waals surface area contributed by atoms with E-state index in [0.29, 0.717) is 0 Å². The molecule has 0 bridgehead atoms. The quantitative estimate of drug-likeness (QED) is 0.159. The molecule has 2 atom stereocenters. The minimum atomic E-state index is -0.608. The average molecular weight is 816 g/mol. The van der Waals surface area contributed by atoms with E-state index in [1.165, 1.54) is 55.6 Å². The van der Waals surface area contributed by atoms with Gasteiger partial charge in [0.05, 0.1) is 10.8 Å². The second-order valence-corrected chi connectivity index (χ2v) is 17.1. The van der Waals surface area contributed by atoms with Gasteiger partial charge >= 0.3 is 0 Å². The van der Waals surface area contributed by atoms with Crippen molar-refractivity contribution in [2.24, 2.45) is 0 Å². The number of nitrogens with zero attached hydrogens (tertiary/aromatic N) is 1. The van der Waals surface area contributed by atoms with Gasteiger partial charge in [0.25, 0.3) is 0 Å². The Labute approximate surface area is 373 Å². The maximum atomic E-state index is 6.15. The normalized spacial score (nSPS) is 16.9. The van der Waals surface area contributed by atoms with E-state index in [-0.39, 0.29) is 0 Å². The molecule has 2 heteroatoms. The van der Waals surface area contributed by atoms with Crippen molar-refractivity contribution in [1.29, 1.82) is 0 Å². The van der Waals surface area contributed by atoms with Crippen molar-refractivity contribution in [3.8, 4) is 22.3 Å². The molecule has 300 valence electrons. The maximum absolute atomic E-state index is 6.15. The summed E-state index contributed by atoms with van der Waals surface area (Å²) in [6.45, 7) is 0. The lowest BCUT2D eigenvalue weighted by molar-refractivity contribution is 0.626. The smallest absolute Gasteiger partial charge is 0.135 e. The molecule has 0 saturated carbocycles. The van der Waals surface area contributed by atoms with E-state index in [2.05, 4.69) is 241 Å². The van der Waals surface area contributed by atoms with Gasteiger partial charge in [0.1, 0.15) is 11.2 Å². The van der Waals surface area contributed by atoms with Gasteiger partial charge in [-0.2, -0.15) is 0 Å². The Morgan fingerprint density at radius 1 is 0.297 bits per heavy atom. The number of anilines is 3. The van der Waals surface area contributed by atoms with Gasteiger partial charge in [0, 0.05) is 27.8 Å². The van der Waals surface area contributed by atoms with Crippen molar-refractivity contribution < 1.29 is 4.42 Å². The summed E-state index contributed by atoms with van der Waals surface area (Å²) >= 11 is 0. The largest absolute Gasteiger partial charge is 0.456 e. The minimum Gasteiger partial charge on any atom is -0.456 e. The average Bonchev–Trinajstić information content (AvgIpc) is 3.90. The summed E-state index contributed by atoms with van der Waals surface area (Å²) < 4.78 is 6.15. The van der Waals surface area contributed by atoms with Gasteiger partial charge in [-0.3, -0.25) is 0 Å². The van der Waals surface area contributed by atoms with Crippen molar-refractivity contribution in [3.05, 3.63) is 293 Å². The molecule has 0 amide bonds. The molecule has 2 nitrogen and oxygen atoms in total. The zero-order valence-electron chi connectivity index (χ0n) is 35.0. The molecule has 0 aliphatic heterocycles. The first-order chi connectivity index (χ1) is 31.7. The van der Waals surface area contributed by atoms with Gasteiger partial charge in [-0.15, -0.1) is 0 Å². The van der Waals surface area contributed by atoms with Crippen molar-refractivity contribution in [2.75, 3.05) is 4.90 Å². The highest BCUT2D eigenvalue weighted by Gasteiger charge is 2.57. The first-order valence-electron chi connectivity index (χ1n) is 22.2. The molecule has 2 aliphatic rings. The molecule has 64 heavy (non-hydrogen) atoms. The third-order valence-electron chi connectivity index (χ3n) is 14.0. The predicted octanol–water partition coefficient (Wildman–Crippen LogP) is 15.8. The molecule has 2 aliphatic carbocycles. The molecule has 0 N–H and O–H groups in total. The number of hydrogen-bond donors (Lipinski definition) is 0. The van der Waals surface area contributed by atoms with Crippen LogP contribution in [0.1, 0.15) is 44.5 Å². The Morgan fingerprint density at radius 2 is 0.781 bits per heavy atom. The van der Waals surface area contributed by atoms with Gasteiger partial charge in [-0.25, -0.2) is 0 Å². The van der Waals surface area contributed by atoms with Gasteiger partial charge in [-0.1, -0.05) is 194 Å². The zero-order valence-corrected chi connectivity index (χ0v) is 35.0. The Kier molecular flexibility index (Phi) is 8.07. The first kappa shape index (κ1) is 36.5. The van der Waals surface area contributed by atoms with Crippen LogP contribution in [0.3, 0.4) is 0 Å². The summed E-state index contributed by atoms with van der Waals surface area (Å²) in [5.41, 5.74) is 19.4. The van der Waals surface area contributed by atoms with Crippen LogP contribution in [0.5, 0.6) is 0 Å². The van der Waals surface area contributed by atoms with E-state index in [9.17, 15) is 0 Å². The number of fused-ring (bicyclic) bond motifs is 8. The van der Waals surface area contributed by atoms with E-state index in [4.69, 9.17) is 4.42 Å². The summed E-state index contributed by atoms with van der Waals surface area (Å²) in [6, 6.07) is 91.5. The topological polar surface area (TPSA) is 16.4 Å². The van der Waals surface area contributed by atoms with Crippen molar-refractivity contribution in [3.63, 3.8) is 0 Å². The molecule has 11 aromatic rings. The summed E-state index contributed by atoms with van der Waals surface area (Å²) in [5.74, 6) is 0. The number of benzene rings is 10. The number of rotatable bonds is 7. The minimum absolute atomic E-state index is 0.479. The highest BCUT2D eigenvalue weighted by molar-refractivity contribution is 6.06. The molecule has 2 unspecified atom stereocenters. The fourth-order valence-electron chi connectivity index (χ4n) is 11.4. The van der Waals surface area contributed by atoms with Crippen LogP contribution in [0, 0.1) is 0 Å². The summed E-state index contributed by atoms with van der Waals surface area (Å²) in [5, 5.41) is 2.27. The molecule has 0 saturated heterocycles. The fourth-order valence-corrected chi connectivity index (χ4v) is 11.4. The van der Waals surface area contributed by atoms with E-state index < -0.39 is 10.8 Å². The van der Waals surface area contributed by atoms with Crippen molar-refractivity contribution in [1.82, 2.24) is 0 Å². The van der Waals surface area contributed by atoms with Crippen LogP contribution in [0.15, 0.2) is 253 Å². The molecule has 0 spiro atoms. The van der Waals surface area contributed by atoms with Crippen molar-refractivity contribution in [2.45, 2.75) is 10.8 Å². The summed E-state index contributed by atoms with van der Waals surface area (Å²) in [7, 11) is 0. The third-order valence-corrected chi connectivity index (χ3v) is 14.0. The van der Waals surface area contributed by atoms with Gasteiger partial charge in [0.2, 0.25) is 0 Å². The standard InChI is InChI=1S/C62H41NO/c1-4-17-44(18-5-1)61(55-27-13-14-28-56(55)62(45-19-6-2-7-20-45)54-26-12-10-23-50(54)52-25-16-29-57(61)60(52)62)46-34-38-49(39-35-46)63(47-21-8-3-9-22-47)48-36-31-42(32-37-48)43-33-40-59-53(41-43)51-24-11-15-30-58(51)64-59/h1-41H. The molecule has 13 rings (SSSR count). The van der Waals surface area contributed by atoms with Crippen LogP contribution >= 0.6 is 0 Å².